The number of furan rings is 2. The van der Waals surface area contributed by atoms with Crippen LogP contribution in [-0.4, -0.2) is 0 Å². The molecule has 0 fully saturated rings. The second-order valence-electron chi connectivity index (χ2n) is 18.9. The predicted molar refractivity (Wildman–Crippen MR) is 289 cm³/mol. The van der Waals surface area contributed by atoms with E-state index in [-0.39, 0.29) is 0 Å². The molecule has 326 valence electrons. The van der Waals surface area contributed by atoms with Crippen molar-refractivity contribution < 1.29 is 8.83 Å². The van der Waals surface area contributed by atoms with Crippen LogP contribution in [0.15, 0.2) is 215 Å². The number of fused-ring (bicyclic) bond motifs is 12. The number of anilines is 6. The van der Waals surface area contributed by atoms with E-state index in [2.05, 4.69) is 244 Å². The molecule has 0 saturated carbocycles. The molecule has 13 rings (SSSR count). The van der Waals surface area contributed by atoms with Gasteiger partial charge < -0.3 is 18.6 Å². The van der Waals surface area contributed by atoms with Crippen LogP contribution < -0.4 is 9.80 Å². The van der Waals surface area contributed by atoms with E-state index in [0.29, 0.717) is 11.8 Å². The molecule has 0 radical (unpaired) electrons. The molecule has 68 heavy (non-hydrogen) atoms. The van der Waals surface area contributed by atoms with E-state index in [1.54, 1.807) is 0 Å². The van der Waals surface area contributed by atoms with E-state index in [1.807, 2.05) is 0 Å². The minimum absolute atomic E-state index is 0.432. The predicted octanol–water partition coefficient (Wildman–Crippen LogP) is 19.3. The van der Waals surface area contributed by atoms with Gasteiger partial charge in [-0.15, -0.1) is 0 Å². The second kappa shape index (κ2) is 15.6. The summed E-state index contributed by atoms with van der Waals surface area (Å²) < 4.78 is 14.1. The molecule has 0 N–H and O–H groups in total. The first kappa shape index (κ1) is 40.0. The normalized spacial score (nSPS) is 12.1. The lowest BCUT2D eigenvalue weighted by molar-refractivity contribution is 0.664. The molecule has 4 heteroatoms. The van der Waals surface area contributed by atoms with Gasteiger partial charge >= 0.3 is 0 Å². The third-order valence-electron chi connectivity index (χ3n) is 14.1. The molecule has 2 aromatic heterocycles. The lowest BCUT2D eigenvalue weighted by Crippen LogP contribution is -2.10. The standard InChI is InChI=1S/C64H48N2O2/c1-39(2)41-21-27-47(28-22-41)65(49-31-25-43-13-5-7-15-45(43)33-49)57-37-61-63(53-19-11-9-17-51(53)57)55-35-60-56(36-59(55)67-61)64-54-20-12-10-18-52(54)58(38-62(64)68-60)66(48-29-23-42(24-30-48)40(3)4)50-32-26-44-14-6-8-16-46(44)34-50/h5-40H,1-4H3. The summed E-state index contributed by atoms with van der Waals surface area (Å²) in [7, 11) is 0. The van der Waals surface area contributed by atoms with E-state index in [9.17, 15) is 0 Å². The molecular weight excluding hydrogens is 829 g/mol. The van der Waals surface area contributed by atoms with E-state index in [0.717, 1.165) is 99.5 Å². The molecule has 0 spiro atoms. The van der Waals surface area contributed by atoms with Gasteiger partial charge in [0, 0.05) is 67.2 Å². The molecule has 0 bridgehead atoms. The van der Waals surface area contributed by atoms with Gasteiger partial charge in [-0.25, -0.2) is 0 Å². The van der Waals surface area contributed by atoms with Crippen molar-refractivity contribution in [2.45, 2.75) is 39.5 Å². The van der Waals surface area contributed by atoms with Crippen molar-refractivity contribution in [3.8, 4) is 0 Å². The Morgan fingerprint density at radius 3 is 1.04 bits per heavy atom. The van der Waals surface area contributed by atoms with Crippen LogP contribution in [0.5, 0.6) is 0 Å². The van der Waals surface area contributed by atoms with Crippen molar-refractivity contribution in [1.82, 2.24) is 0 Å². The van der Waals surface area contributed by atoms with Crippen molar-refractivity contribution >= 4 is 121 Å². The van der Waals surface area contributed by atoms with Crippen LogP contribution in [0.25, 0.3) is 87.0 Å². The maximum absolute atomic E-state index is 7.04. The van der Waals surface area contributed by atoms with Crippen molar-refractivity contribution in [1.29, 1.82) is 0 Å². The summed E-state index contributed by atoms with van der Waals surface area (Å²) in [5.74, 6) is 0.863. The van der Waals surface area contributed by atoms with Gasteiger partial charge in [0.25, 0.3) is 0 Å². The van der Waals surface area contributed by atoms with Crippen molar-refractivity contribution in [2.75, 3.05) is 9.80 Å². The molecule has 0 aliphatic carbocycles. The Labute approximate surface area is 394 Å². The fourth-order valence-corrected chi connectivity index (χ4v) is 10.6. The Hall–Kier alpha value is -8.34. The van der Waals surface area contributed by atoms with Crippen LogP contribution in [0.2, 0.25) is 0 Å². The average molecular weight is 877 g/mol. The highest BCUT2D eigenvalue weighted by molar-refractivity contribution is 6.28. The minimum Gasteiger partial charge on any atom is -0.456 e. The molecule has 2 heterocycles. The number of rotatable bonds is 8. The third-order valence-corrected chi connectivity index (χ3v) is 14.1. The maximum atomic E-state index is 7.04. The Kier molecular flexibility index (Phi) is 9.20. The second-order valence-corrected chi connectivity index (χ2v) is 18.9. The van der Waals surface area contributed by atoms with Gasteiger partial charge in [-0.3, -0.25) is 0 Å². The highest BCUT2D eigenvalue weighted by Gasteiger charge is 2.25. The first-order valence-electron chi connectivity index (χ1n) is 23.8. The highest BCUT2D eigenvalue weighted by Crippen LogP contribution is 2.49. The van der Waals surface area contributed by atoms with Crippen LogP contribution in [0.4, 0.5) is 34.1 Å². The van der Waals surface area contributed by atoms with Gasteiger partial charge in [0.15, 0.2) is 0 Å². The van der Waals surface area contributed by atoms with Crippen LogP contribution in [-0.2, 0) is 0 Å². The Balaban J connectivity index is 1.02. The van der Waals surface area contributed by atoms with Gasteiger partial charge in [-0.05, 0) is 116 Å². The van der Waals surface area contributed by atoms with E-state index in [4.69, 9.17) is 8.83 Å². The summed E-state index contributed by atoms with van der Waals surface area (Å²) in [4.78, 5) is 4.77. The SMILES string of the molecule is CC(C)c1ccc(N(c2ccc3ccccc3c2)c2cc3oc4cc5c(cc4c3c3ccccc23)oc2cc(N(c3ccc(C(C)C)cc3)c3ccc4ccccc4c3)c3ccccc3c25)cc1. The highest BCUT2D eigenvalue weighted by atomic mass is 16.3. The zero-order valence-corrected chi connectivity index (χ0v) is 38.5. The number of benzene rings is 11. The van der Waals surface area contributed by atoms with E-state index in [1.165, 1.54) is 32.7 Å². The molecule has 0 amide bonds. The van der Waals surface area contributed by atoms with Crippen LogP contribution in [0.3, 0.4) is 0 Å². The smallest absolute Gasteiger partial charge is 0.138 e. The lowest BCUT2D eigenvalue weighted by atomic mass is 9.98. The molecule has 11 aromatic carbocycles. The third kappa shape index (κ3) is 6.43. The lowest BCUT2D eigenvalue weighted by Gasteiger charge is -2.27. The zero-order valence-electron chi connectivity index (χ0n) is 38.5. The number of hydrogen-bond acceptors (Lipinski definition) is 4. The first-order chi connectivity index (χ1) is 33.3. The van der Waals surface area contributed by atoms with Gasteiger partial charge in [0.1, 0.15) is 22.3 Å². The quantitative estimate of drug-likeness (QED) is 0.152. The molecule has 0 saturated heterocycles. The summed E-state index contributed by atoms with van der Waals surface area (Å²) in [5.41, 5.74) is 12.4. The number of nitrogens with zero attached hydrogens (tertiary/aromatic N) is 2. The Bertz CT molecular complexity index is 3830. The van der Waals surface area contributed by atoms with Crippen LogP contribution in [0, 0.1) is 0 Å². The first-order valence-corrected chi connectivity index (χ1v) is 23.8. The summed E-state index contributed by atoms with van der Waals surface area (Å²) in [5, 5.41) is 13.5. The van der Waals surface area contributed by atoms with Gasteiger partial charge in [-0.2, -0.15) is 0 Å². The van der Waals surface area contributed by atoms with Crippen molar-refractivity contribution in [3.63, 3.8) is 0 Å². The largest absolute Gasteiger partial charge is 0.456 e. The number of hydrogen-bond donors (Lipinski definition) is 0. The van der Waals surface area contributed by atoms with Gasteiger partial charge in [0.05, 0.1) is 11.4 Å². The molecule has 13 aromatic rings. The average Bonchev–Trinajstić information content (AvgIpc) is 3.93. The Morgan fingerprint density at radius 2 is 0.647 bits per heavy atom. The van der Waals surface area contributed by atoms with Crippen molar-refractivity contribution in [2.24, 2.45) is 0 Å². The minimum atomic E-state index is 0.432. The molecule has 0 aliphatic rings. The summed E-state index contributed by atoms with van der Waals surface area (Å²) in [6.07, 6.45) is 0. The molecule has 0 aliphatic heterocycles. The summed E-state index contributed by atoms with van der Waals surface area (Å²) in [6, 6.07) is 75.0. The monoisotopic (exact) mass is 876 g/mol. The van der Waals surface area contributed by atoms with Crippen LogP contribution >= 0.6 is 0 Å². The molecule has 0 unspecified atom stereocenters. The van der Waals surface area contributed by atoms with E-state index < -0.39 is 0 Å². The Morgan fingerprint density at radius 1 is 0.294 bits per heavy atom. The van der Waals surface area contributed by atoms with Gasteiger partial charge in [0.2, 0.25) is 0 Å². The summed E-state index contributed by atoms with van der Waals surface area (Å²) in [6.45, 7) is 8.97. The fourth-order valence-electron chi connectivity index (χ4n) is 10.6. The van der Waals surface area contributed by atoms with Gasteiger partial charge in [-0.1, -0.05) is 161 Å². The van der Waals surface area contributed by atoms with E-state index >= 15 is 0 Å². The van der Waals surface area contributed by atoms with Crippen LogP contribution in [0.1, 0.15) is 50.7 Å². The molecule has 0 atom stereocenters. The summed E-state index contributed by atoms with van der Waals surface area (Å²) >= 11 is 0. The molecule has 4 nitrogen and oxygen atoms in total. The maximum Gasteiger partial charge on any atom is 0.138 e. The molecular formula is C64H48N2O2. The van der Waals surface area contributed by atoms with Crippen molar-refractivity contribution in [3.05, 3.63) is 217 Å². The fraction of sp³-hybridized carbons (Fsp3) is 0.0938. The zero-order chi connectivity index (χ0) is 45.6. The topological polar surface area (TPSA) is 32.8 Å².